The van der Waals surface area contributed by atoms with E-state index >= 15 is 0 Å². The molecule has 0 amide bonds. The van der Waals surface area contributed by atoms with Gasteiger partial charge in [0.25, 0.3) is 0 Å². The lowest BCUT2D eigenvalue weighted by Gasteiger charge is -2.11. The van der Waals surface area contributed by atoms with E-state index in [0.717, 1.165) is 27.0 Å². The van der Waals surface area contributed by atoms with Crippen LogP contribution >= 0.6 is 11.3 Å². The van der Waals surface area contributed by atoms with Gasteiger partial charge in [0, 0.05) is 17.0 Å². The lowest BCUT2D eigenvalue weighted by atomic mass is 10.2. The quantitative estimate of drug-likeness (QED) is 0.598. The van der Waals surface area contributed by atoms with Crippen molar-refractivity contribution in [2.45, 2.75) is 20.4 Å². The third kappa shape index (κ3) is 3.48. The van der Waals surface area contributed by atoms with Gasteiger partial charge in [-0.05, 0) is 19.9 Å². The number of anilines is 1. The molecule has 0 atom stereocenters. The summed E-state index contributed by atoms with van der Waals surface area (Å²) in [6, 6.07) is 7.75. The van der Waals surface area contributed by atoms with Crippen molar-refractivity contribution in [3.63, 3.8) is 0 Å². The van der Waals surface area contributed by atoms with Gasteiger partial charge in [-0.3, -0.25) is 5.41 Å². The number of hydrogen-bond acceptors (Lipinski definition) is 4. The lowest BCUT2D eigenvalue weighted by molar-refractivity contribution is 0.409. The first-order valence-corrected chi connectivity index (χ1v) is 7.07. The van der Waals surface area contributed by atoms with Gasteiger partial charge in [-0.2, -0.15) is 0 Å². The molecule has 0 saturated carbocycles. The van der Waals surface area contributed by atoms with Crippen molar-refractivity contribution in [3.05, 3.63) is 40.4 Å². The zero-order valence-electron chi connectivity index (χ0n) is 11.8. The largest absolute Gasteiger partial charge is 0.496 e. The topological polar surface area (TPSA) is 70.0 Å². The maximum Gasteiger partial charge on any atom is 0.195 e. The number of nitrogens with zero attached hydrogens (tertiary/aromatic N) is 1. The van der Waals surface area contributed by atoms with E-state index in [1.54, 1.807) is 18.4 Å². The van der Waals surface area contributed by atoms with Crippen LogP contribution in [-0.2, 0) is 6.54 Å². The predicted octanol–water partition coefficient (Wildman–Crippen LogP) is 2.91. The number of aryl methyl sites for hydroxylation is 2. The third-order valence-electron chi connectivity index (χ3n) is 2.91. The van der Waals surface area contributed by atoms with Gasteiger partial charge in [-0.1, -0.05) is 18.2 Å². The highest BCUT2D eigenvalue weighted by Crippen LogP contribution is 2.21. The van der Waals surface area contributed by atoms with Gasteiger partial charge in [-0.15, -0.1) is 11.3 Å². The number of hydrogen-bond donors (Lipinski definition) is 3. The zero-order chi connectivity index (χ0) is 14.5. The Morgan fingerprint density at radius 1 is 1.35 bits per heavy atom. The number of thiazole rings is 1. The SMILES string of the molecule is COc1ccccc1CNC(=N)Nc1nc(C)c(C)s1. The molecule has 0 aliphatic heterocycles. The number of nitrogens with one attached hydrogen (secondary N) is 3. The van der Waals surface area contributed by atoms with E-state index in [1.807, 2.05) is 38.1 Å². The van der Waals surface area contributed by atoms with Crippen LogP contribution in [0.1, 0.15) is 16.1 Å². The Hall–Kier alpha value is -2.08. The summed E-state index contributed by atoms with van der Waals surface area (Å²) in [6.07, 6.45) is 0. The van der Waals surface area contributed by atoms with Gasteiger partial charge in [-0.25, -0.2) is 4.98 Å². The number of aromatic nitrogens is 1. The molecule has 0 aliphatic carbocycles. The molecule has 0 unspecified atom stereocenters. The van der Waals surface area contributed by atoms with Crippen LogP contribution in [0, 0.1) is 19.3 Å². The first-order chi connectivity index (χ1) is 9.60. The Morgan fingerprint density at radius 2 is 2.10 bits per heavy atom. The first kappa shape index (κ1) is 14.3. The monoisotopic (exact) mass is 290 g/mol. The Kier molecular flexibility index (Phi) is 4.57. The maximum absolute atomic E-state index is 7.89. The van der Waals surface area contributed by atoms with Crippen molar-refractivity contribution in [2.75, 3.05) is 12.4 Å². The van der Waals surface area contributed by atoms with Crippen LogP contribution in [0.2, 0.25) is 0 Å². The molecular weight excluding hydrogens is 272 g/mol. The average molecular weight is 290 g/mol. The minimum Gasteiger partial charge on any atom is -0.496 e. The summed E-state index contributed by atoms with van der Waals surface area (Å²) >= 11 is 1.54. The fourth-order valence-electron chi connectivity index (χ4n) is 1.71. The number of benzene rings is 1. The molecule has 0 spiro atoms. The van der Waals surface area contributed by atoms with Crippen LogP contribution in [0.5, 0.6) is 5.75 Å². The average Bonchev–Trinajstić information content (AvgIpc) is 2.75. The van der Waals surface area contributed by atoms with Gasteiger partial charge in [0.1, 0.15) is 5.75 Å². The fraction of sp³-hybridized carbons (Fsp3) is 0.286. The summed E-state index contributed by atoms with van der Waals surface area (Å²) in [5.41, 5.74) is 2.00. The zero-order valence-corrected chi connectivity index (χ0v) is 12.6. The van der Waals surface area contributed by atoms with Crippen LogP contribution in [0.4, 0.5) is 5.13 Å². The fourth-order valence-corrected chi connectivity index (χ4v) is 2.53. The molecule has 3 N–H and O–H groups in total. The van der Waals surface area contributed by atoms with Gasteiger partial charge >= 0.3 is 0 Å². The Bertz CT molecular complexity index is 589. The van der Waals surface area contributed by atoms with E-state index in [4.69, 9.17) is 10.1 Å². The predicted molar refractivity (Wildman–Crippen MR) is 82.8 cm³/mol. The van der Waals surface area contributed by atoms with Crippen LogP contribution in [0.25, 0.3) is 0 Å². The summed E-state index contributed by atoms with van der Waals surface area (Å²) in [5.74, 6) is 1.04. The van der Waals surface area contributed by atoms with E-state index in [9.17, 15) is 0 Å². The summed E-state index contributed by atoms with van der Waals surface area (Å²) in [5, 5.41) is 14.6. The molecule has 0 radical (unpaired) electrons. The molecule has 0 bridgehead atoms. The standard InChI is InChI=1S/C14H18N4OS/c1-9-10(2)20-14(17-9)18-13(15)16-8-11-6-4-5-7-12(11)19-3/h4-7H,8H2,1-3H3,(H3,15,16,17,18). The second kappa shape index (κ2) is 6.38. The van der Waals surface area contributed by atoms with E-state index in [0.29, 0.717) is 6.54 Å². The van der Waals surface area contributed by atoms with Crippen molar-refractivity contribution < 1.29 is 4.74 Å². The first-order valence-electron chi connectivity index (χ1n) is 6.25. The molecule has 1 aromatic heterocycles. The van der Waals surface area contributed by atoms with Gasteiger partial charge in [0.2, 0.25) is 0 Å². The Balaban J connectivity index is 1.92. The molecular formula is C14H18N4OS. The molecule has 6 heteroatoms. The smallest absolute Gasteiger partial charge is 0.195 e. The van der Waals surface area contributed by atoms with Crippen molar-refractivity contribution in [1.29, 1.82) is 5.41 Å². The number of ether oxygens (including phenoxy) is 1. The highest BCUT2D eigenvalue weighted by Gasteiger charge is 2.06. The van der Waals surface area contributed by atoms with Crippen LogP contribution in [0.3, 0.4) is 0 Å². The van der Waals surface area contributed by atoms with Crippen molar-refractivity contribution in [1.82, 2.24) is 10.3 Å². The van der Waals surface area contributed by atoms with Gasteiger partial charge in [0.05, 0.1) is 12.8 Å². The summed E-state index contributed by atoms with van der Waals surface area (Å²) in [6.45, 7) is 4.51. The van der Waals surface area contributed by atoms with Gasteiger partial charge in [0.15, 0.2) is 11.1 Å². The van der Waals surface area contributed by atoms with E-state index in [-0.39, 0.29) is 5.96 Å². The minimum absolute atomic E-state index is 0.227. The Labute approximate surface area is 122 Å². The van der Waals surface area contributed by atoms with E-state index < -0.39 is 0 Å². The highest BCUT2D eigenvalue weighted by atomic mass is 32.1. The van der Waals surface area contributed by atoms with Gasteiger partial charge < -0.3 is 15.4 Å². The second-order valence-electron chi connectivity index (χ2n) is 4.33. The normalized spacial score (nSPS) is 10.2. The van der Waals surface area contributed by atoms with Crippen LogP contribution in [0.15, 0.2) is 24.3 Å². The molecule has 5 nitrogen and oxygen atoms in total. The van der Waals surface area contributed by atoms with E-state index in [1.165, 1.54) is 0 Å². The van der Waals surface area contributed by atoms with Crippen molar-refractivity contribution in [3.8, 4) is 5.75 Å². The minimum atomic E-state index is 0.227. The highest BCUT2D eigenvalue weighted by molar-refractivity contribution is 7.15. The van der Waals surface area contributed by atoms with Crippen molar-refractivity contribution in [2.24, 2.45) is 0 Å². The number of para-hydroxylation sites is 1. The summed E-state index contributed by atoms with van der Waals surface area (Å²) in [4.78, 5) is 5.50. The lowest BCUT2D eigenvalue weighted by Crippen LogP contribution is -2.29. The molecule has 0 fully saturated rings. The third-order valence-corrected chi connectivity index (χ3v) is 3.90. The molecule has 0 saturated heterocycles. The molecule has 2 rings (SSSR count). The number of methoxy groups -OCH3 is 1. The Morgan fingerprint density at radius 3 is 2.75 bits per heavy atom. The van der Waals surface area contributed by atoms with Crippen LogP contribution in [-0.4, -0.2) is 18.1 Å². The van der Waals surface area contributed by atoms with Crippen LogP contribution < -0.4 is 15.4 Å². The second-order valence-corrected chi connectivity index (χ2v) is 5.53. The molecule has 106 valence electrons. The summed E-state index contributed by atoms with van der Waals surface area (Å²) in [7, 11) is 1.64. The number of guanidine groups is 1. The maximum atomic E-state index is 7.89. The molecule has 2 aromatic rings. The van der Waals surface area contributed by atoms with Crippen molar-refractivity contribution >= 4 is 22.4 Å². The molecule has 0 aliphatic rings. The molecule has 20 heavy (non-hydrogen) atoms. The molecule has 1 heterocycles. The molecule has 1 aromatic carbocycles. The number of rotatable bonds is 4. The summed E-state index contributed by atoms with van der Waals surface area (Å²) < 4.78 is 5.27. The van der Waals surface area contributed by atoms with E-state index in [2.05, 4.69) is 15.6 Å².